The molecule has 1 nitrogen and oxygen atoms in total. The summed E-state index contributed by atoms with van der Waals surface area (Å²) in [6, 6.07) is 10.3. The average molecular weight is 214 g/mol. The Hall–Kier alpha value is -1.26. The number of ether oxygens (including phenoxy) is 1. The molecule has 2 rings (SSSR count). The Morgan fingerprint density at radius 3 is 2.69 bits per heavy atom. The van der Waals surface area contributed by atoms with Gasteiger partial charge in [-0.2, -0.15) is 0 Å². The van der Waals surface area contributed by atoms with E-state index in [9.17, 15) is 0 Å². The molecule has 1 unspecified atom stereocenters. The first-order valence-electron chi connectivity index (χ1n) is 5.99. The topological polar surface area (TPSA) is 9.23 Å². The van der Waals surface area contributed by atoms with Gasteiger partial charge in [-0.1, -0.05) is 36.3 Å². The van der Waals surface area contributed by atoms with Crippen LogP contribution in [0.3, 0.4) is 0 Å². The summed E-state index contributed by atoms with van der Waals surface area (Å²) >= 11 is 0. The molecular formula is C15H18O. The Balaban J connectivity index is 1.75. The van der Waals surface area contributed by atoms with Gasteiger partial charge in [0.25, 0.3) is 0 Å². The highest BCUT2D eigenvalue weighted by molar-refractivity contribution is 5.26. The summed E-state index contributed by atoms with van der Waals surface area (Å²) < 4.78 is 5.62. The van der Waals surface area contributed by atoms with Gasteiger partial charge in [-0.05, 0) is 30.7 Å². The second-order valence-corrected chi connectivity index (χ2v) is 4.44. The third-order valence-electron chi connectivity index (χ3n) is 3.00. The molecule has 1 aromatic carbocycles. The minimum atomic E-state index is 0.195. The van der Waals surface area contributed by atoms with Crippen LogP contribution in [-0.2, 0) is 4.74 Å². The highest BCUT2D eigenvalue weighted by Crippen LogP contribution is 2.29. The van der Waals surface area contributed by atoms with Crippen LogP contribution in [0, 0.1) is 18.3 Å². The Morgan fingerprint density at radius 2 is 2.06 bits per heavy atom. The fourth-order valence-corrected chi connectivity index (χ4v) is 1.77. The van der Waals surface area contributed by atoms with Gasteiger partial charge >= 0.3 is 0 Å². The van der Waals surface area contributed by atoms with Crippen LogP contribution < -0.4 is 0 Å². The van der Waals surface area contributed by atoms with E-state index in [2.05, 4.69) is 18.1 Å². The Morgan fingerprint density at radius 1 is 1.31 bits per heavy atom. The van der Waals surface area contributed by atoms with Crippen LogP contribution in [0.1, 0.15) is 30.7 Å². The van der Waals surface area contributed by atoms with E-state index in [1.807, 2.05) is 18.2 Å². The zero-order valence-electron chi connectivity index (χ0n) is 9.56. The fourth-order valence-electron chi connectivity index (χ4n) is 1.77. The van der Waals surface area contributed by atoms with Gasteiger partial charge in [0.15, 0.2) is 0 Å². The van der Waals surface area contributed by atoms with E-state index in [4.69, 9.17) is 11.2 Å². The van der Waals surface area contributed by atoms with Crippen molar-refractivity contribution < 1.29 is 4.74 Å². The zero-order valence-corrected chi connectivity index (χ0v) is 9.56. The van der Waals surface area contributed by atoms with Gasteiger partial charge in [-0.25, -0.2) is 0 Å². The number of rotatable bonds is 6. The smallest absolute Gasteiger partial charge is 0.0494 e. The SMILES string of the molecule is C#CC(CCOCC1CC1)c1ccccc1. The summed E-state index contributed by atoms with van der Waals surface area (Å²) in [5, 5.41) is 0. The van der Waals surface area contributed by atoms with Crippen LogP contribution in [0.25, 0.3) is 0 Å². The van der Waals surface area contributed by atoms with Gasteiger partial charge in [-0.15, -0.1) is 6.42 Å². The lowest BCUT2D eigenvalue weighted by Gasteiger charge is -2.11. The zero-order chi connectivity index (χ0) is 11.2. The quantitative estimate of drug-likeness (QED) is 0.522. The van der Waals surface area contributed by atoms with Crippen LogP contribution in [0.5, 0.6) is 0 Å². The molecule has 1 aliphatic carbocycles. The molecule has 0 saturated heterocycles. The van der Waals surface area contributed by atoms with Crippen molar-refractivity contribution in [2.45, 2.75) is 25.2 Å². The molecule has 1 aliphatic rings. The van der Waals surface area contributed by atoms with Crippen LogP contribution >= 0.6 is 0 Å². The molecule has 16 heavy (non-hydrogen) atoms. The second-order valence-electron chi connectivity index (χ2n) is 4.44. The predicted octanol–water partition coefficient (Wildman–Crippen LogP) is 3.22. The highest BCUT2D eigenvalue weighted by atomic mass is 16.5. The maximum absolute atomic E-state index is 5.62. The fraction of sp³-hybridized carbons (Fsp3) is 0.467. The first kappa shape index (κ1) is 11.2. The van der Waals surface area contributed by atoms with Crippen LogP contribution in [0.15, 0.2) is 30.3 Å². The lowest BCUT2D eigenvalue weighted by atomic mass is 9.97. The van der Waals surface area contributed by atoms with Crippen molar-refractivity contribution in [3.05, 3.63) is 35.9 Å². The molecule has 84 valence electrons. The minimum absolute atomic E-state index is 0.195. The van der Waals surface area contributed by atoms with Crippen molar-refractivity contribution in [2.75, 3.05) is 13.2 Å². The van der Waals surface area contributed by atoms with E-state index in [0.29, 0.717) is 0 Å². The summed E-state index contributed by atoms with van der Waals surface area (Å²) in [4.78, 5) is 0. The second kappa shape index (κ2) is 5.72. The van der Waals surface area contributed by atoms with Gasteiger partial charge in [-0.3, -0.25) is 0 Å². The molecule has 0 heterocycles. The van der Waals surface area contributed by atoms with E-state index in [0.717, 1.165) is 25.6 Å². The Labute approximate surface area is 97.8 Å². The predicted molar refractivity (Wildman–Crippen MR) is 66.2 cm³/mol. The van der Waals surface area contributed by atoms with Crippen molar-refractivity contribution >= 4 is 0 Å². The monoisotopic (exact) mass is 214 g/mol. The molecule has 1 fully saturated rings. The molecule has 1 heteroatoms. The standard InChI is InChI=1S/C15H18O/c1-2-14(15-6-4-3-5-7-15)10-11-16-12-13-8-9-13/h1,3-7,13-14H,8-12H2. The minimum Gasteiger partial charge on any atom is -0.381 e. The highest BCUT2D eigenvalue weighted by Gasteiger charge is 2.21. The number of terminal acetylenes is 1. The Bertz CT molecular complexity index is 345. The van der Waals surface area contributed by atoms with Gasteiger partial charge in [0.2, 0.25) is 0 Å². The molecule has 0 radical (unpaired) electrons. The van der Waals surface area contributed by atoms with Gasteiger partial charge in [0.05, 0.1) is 0 Å². The first-order valence-corrected chi connectivity index (χ1v) is 5.99. The van der Waals surface area contributed by atoms with E-state index in [1.54, 1.807) is 0 Å². The molecule has 1 atom stereocenters. The van der Waals surface area contributed by atoms with Crippen molar-refractivity contribution in [1.29, 1.82) is 0 Å². The van der Waals surface area contributed by atoms with Crippen molar-refractivity contribution in [1.82, 2.24) is 0 Å². The lowest BCUT2D eigenvalue weighted by Crippen LogP contribution is -2.04. The van der Waals surface area contributed by atoms with E-state index < -0.39 is 0 Å². The average Bonchev–Trinajstić information content (AvgIpc) is 3.14. The normalized spacial score (nSPS) is 16.7. The maximum Gasteiger partial charge on any atom is 0.0494 e. The molecule has 0 amide bonds. The van der Waals surface area contributed by atoms with Gasteiger partial charge < -0.3 is 4.74 Å². The summed E-state index contributed by atoms with van der Waals surface area (Å²) in [6.07, 6.45) is 9.17. The number of hydrogen-bond acceptors (Lipinski definition) is 1. The molecule has 0 aliphatic heterocycles. The molecule has 1 aromatic rings. The maximum atomic E-state index is 5.62. The van der Waals surface area contributed by atoms with Crippen LogP contribution in [0.2, 0.25) is 0 Å². The number of hydrogen-bond donors (Lipinski definition) is 0. The van der Waals surface area contributed by atoms with Crippen molar-refractivity contribution in [3.63, 3.8) is 0 Å². The molecule has 0 spiro atoms. The summed E-state index contributed by atoms with van der Waals surface area (Å²) in [5.41, 5.74) is 1.22. The van der Waals surface area contributed by atoms with Crippen molar-refractivity contribution in [2.24, 2.45) is 5.92 Å². The molecule has 1 saturated carbocycles. The lowest BCUT2D eigenvalue weighted by molar-refractivity contribution is 0.120. The molecule has 0 bridgehead atoms. The first-order chi connectivity index (χ1) is 7.90. The van der Waals surface area contributed by atoms with E-state index in [-0.39, 0.29) is 5.92 Å². The molecule has 0 aromatic heterocycles. The van der Waals surface area contributed by atoms with Gasteiger partial charge in [0, 0.05) is 19.1 Å². The summed E-state index contributed by atoms with van der Waals surface area (Å²) in [7, 11) is 0. The summed E-state index contributed by atoms with van der Waals surface area (Å²) in [5.74, 6) is 3.87. The third kappa shape index (κ3) is 3.40. The van der Waals surface area contributed by atoms with Gasteiger partial charge in [0.1, 0.15) is 0 Å². The summed E-state index contributed by atoms with van der Waals surface area (Å²) in [6.45, 7) is 1.70. The third-order valence-corrected chi connectivity index (χ3v) is 3.00. The Kier molecular flexibility index (Phi) is 4.02. The van der Waals surface area contributed by atoms with Crippen LogP contribution in [-0.4, -0.2) is 13.2 Å². The molecule has 0 N–H and O–H groups in total. The van der Waals surface area contributed by atoms with Crippen molar-refractivity contribution in [3.8, 4) is 12.3 Å². The van der Waals surface area contributed by atoms with Crippen LogP contribution in [0.4, 0.5) is 0 Å². The number of benzene rings is 1. The largest absolute Gasteiger partial charge is 0.381 e. The molecular weight excluding hydrogens is 196 g/mol. The van der Waals surface area contributed by atoms with E-state index in [1.165, 1.54) is 18.4 Å². The van der Waals surface area contributed by atoms with E-state index >= 15 is 0 Å².